The van der Waals surface area contributed by atoms with Gasteiger partial charge in [-0.25, -0.2) is 15.0 Å². The van der Waals surface area contributed by atoms with Crippen molar-refractivity contribution in [1.29, 1.82) is 0 Å². The number of nitrogens with zero attached hydrogens (tertiary/aromatic N) is 5. The Labute approximate surface area is 148 Å². The lowest BCUT2D eigenvalue weighted by Crippen LogP contribution is -2.66. The van der Waals surface area contributed by atoms with E-state index in [-0.39, 0.29) is 0 Å². The first kappa shape index (κ1) is 15.4. The second kappa shape index (κ2) is 5.83. The van der Waals surface area contributed by atoms with E-state index in [4.69, 9.17) is 15.5 Å². The molecule has 2 saturated heterocycles. The van der Waals surface area contributed by atoms with Gasteiger partial charge in [-0.3, -0.25) is 0 Å². The Morgan fingerprint density at radius 2 is 1.96 bits per heavy atom. The number of piperazine rings is 1. The zero-order valence-electron chi connectivity index (χ0n) is 14.5. The molecule has 2 aliphatic heterocycles. The lowest BCUT2D eigenvalue weighted by atomic mass is 9.46. The van der Waals surface area contributed by atoms with Crippen LogP contribution in [0, 0.1) is 11.3 Å². The van der Waals surface area contributed by atoms with E-state index in [9.17, 15) is 0 Å². The van der Waals surface area contributed by atoms with Crippen LogP contribution < -0.4 is 10.6 Å². The third kappa shape index (κ3) is 2.32. The Morgan fingerprint density at radius 3 is 2.64 bits per heavy atom. The molecule has 134 valence electrons. The minimum atomic E-state index is 0.311. The number of fused-ring (bicyclic) bond motifs is 2. The van der Waals surface area contributed by atoms with Gasteiger partial charge in [-0.15, -0.1) is 0 Å². The Balaban J connectivity index is 1.25. The molecule has 4 fully saturated rings. The molecule has 3 atom stereocenters. The van der Waals surface area contributed by atoms with Crippen molar-refractivity contribution in [1.82, 2.24) is 14.9 Å². The molecule has 0 amide bonds. The van der Waals surface area contributed by atoms with Gasteiger partial charge in [0.2, 0.25) is 5.95 Å². The van der Waals surface area contributed by atoms with Gasteiger partial charge >= 0.3 is 0 Å². The zero-order valence-corrected chi connectivity index (χ0v) is 14.5. The molecular weight excluding hydrogens is 316 g/mol. The van der Waals surface area contributed by atoms with Crippen LogP contribution in [0.5, 0.6) is 0 Å². The topological polar surface area (TPSA) is 79.9 Å². The fourth-order valence-electron chi connectivity index (χ4n) is 5.20. The molecule has 1 spiro atoms. The third-order valence-corrected chi connectivity index (χ3v) is 6.69. The SMILES string of the molecule is NC(=NC1C2CCOC2C12CCC2)N1CCN(c2ncccn2)CC1. The summed E-state index contributed by atoms with van der Waals surface area (Å²) in [5.74, 6) is 2.11. The maximum atomic E-state index is 6.41. The monoisotopic (exact) mass is 342 g/mol. The minimum absolute atomic E-state index is 0.311. The summed E-state index contributed by atoms with van der Waals surface area (Å²) in [5, 5.41) is 0. The summed E-state index contributed by atoms with van der Waals surface area (Å²) < 4.78 is 5.99. The number of ether oxygens (including phenoxy) is 1. The summed E-state index contributed by atoms with van der Waals surface area (Å²) in [6.07, 6.45) is 9.01. The molecule has 5 rings (SSSR count). The normalized spacial score (nSPS) is 33.8. The van der Waals surface area contributed by atoms with Gasteiger partial charge < -0.3 is 20.3 Å². The number of aliphatic imine (C=N–C) groups is 1. The van der Waals surface area contributed by atoms with Crippen LogP contribution in [0.3, 0.4) is 0 Å². The Morgan fingerprint density at radius 1 is 1.20 bits per heavy atom. The van der Waals surface area contributed by atoms with E-state index in [0.29, 0.717) is 23.5 Å². The highest BCUT2D eigenvalue weighted by molar-refractivity contribution is 5.78. The van der Waals surface area contributed by atoms with E-state index < -0.39 is 0 Å². The fourth-order valence-corrected chi connectivity index (χ4v) is 5.20. The average Bonchev–Trinajstić information content (AvgIpc) is 3.04. The average molecular weight is 342 g/mol. The van der Waals surface area contributed by atoms with Gasteiger partial charge in [-0.05, 0) is 25.3 Å². The molecule has 0 bridgehead atoms. The number of anilines is 1. The molecule has 7 heteroatoms. The van der Waals surface area contributed by atoms with E-state index >= 15 is 0 Å². The summed E-state index contributed by atoms with van der Waals surface area (Å²) in [7, 11) is 0. The molecule has 0 radical (unpaired) electrons. The highest BCUT2D eigenvalue weighted by Crippen LogP contribution is 2.64. The van der Waals surface area contributed by atoms with Crippen molar-refractivity contribution in [3.63, 3.8) is 0 Å². The molecule has 2 aliphatic carbocycles. The number of hydrogen-bond donors (Lipinski definition) is 1. The van der Waals surface area contributed by atoms with Crippen molar-refractivity contribution in [3.05, 3.63) is 18.5 Å². The van der Waals surface area contributed by atoms with Crippen LogP contribution in [-0.2, 0) is 4.74 Å². The van der Waals surface area contributed by atoms with Crippen molar-refractivity contribution in [3.8, 4) is 0 Å². The first-order chi connectivity index (χ1) is 12.3. The lowest BCUT2D eigenvalue weighted by molar-refractivity contribution is -0.164. The second-order valence-electron chi connectivity index (χ2n) is 7.79. The molecule has 1 aromatic heterocycles. The van der Waals surface area contributed by atoms with E-state index in [0.717, 1.165) is 51.1 Å². The first-order valence-corrected chi connectivity index (χ1v) is 9.50. The van der Waals surface area contributed by atoms with E-state index in [1.807, 2.05) is 6.07 Å². The van der Waals surface area contributed by atoms with Gasteiger partial charge in [0.25, 0.3) is 0 Å². The molecule has 3 heterocycles. The Kier molecular flexibility index (Phi) is 3.58. The van der Waals surface area contributed by atoms with Gasteiger partial charge in [-0.2, -0.15) is 0 Å². The first-order valence-electron chi connectivity index (χ1n) is 9.50. The number of guanidine groups is 1. The third-order valence-electron chi connectivity index (χ3n) is 6.69. The summed E-state index contributed by atoms with van der Waals surface area (Å²) in [4.78, 5) is 18.1. The van der Waals surface area contributed by atoms with Gasteiger partial charge in [0.15, 0.2) is 5.96 Å². The lowest BCUT2D eigenvalue weighted by Gasteiger charge is -2.61. The van der Waals surface area contributed by atoms with Gasteiger partial charge in [-0.1, -0.05) is 6.42 Å². The van der Waals surface area contributed by atoms with Crippen LogP contribution in [0.4, 0.5) is 5.95 Å². The van der Waals surface area contributed by atoms with Gasteiger partial charge in [0, 0.05) is 56.5 Å². The van der Waals surface area contributed by atoms with Crippen molar-refractivity contribution in [2.24, 2.45) is 22.1 Å². The summed E-state index contributed by atoms with van der Waals surface area (Å²) in [6.45, 7) is 4.41. The Hall–Kier alpha value is -1.89. The number of aromatic nitrogens is 2. The van der Waals surface area contributed by atoms with Crippen LogP contribution in [0.25, 0.3) is 0 Å². The van der Waals surface area contributed by atoms with Gasteiger partial charge in [0.1, 0.15) is 0 Å². The molecule has 0 aromatic carbocycles. The second-order valence-corrected chi connectivity index (χ2v) is 7.79. The molecular formula is C18H26N6O. The van der Waals surface area contributed by atoms with Crippen molar-refractivity contribution >= 4 is 11.9 Å². The van der Waals surface area contributed by atoms with Crippen LogP contribution >= 0.6 is 0 Å². The molecule has 4 aliphatic rings. The van der Waals surface area contributed by atoms with Crippen molar-refractivity contribution < 1.29 is 4.74 Å². The number of nitrogens with two attached hydrogens (primary N) is 1. The highest BCUT2D eigenvalue weighted by Gasteiger charge is 2.66. The van der Waals surface area contributed by atoms with Crippen LogP contribution in [-0.4, -0.2) is 65.8 Å². The quantitative estimate of drug-likeness (QED) is 0.635. The summed E-state index contributed by atoms with van der Waals surface area (Å²) in [6, 6.07) is 2.23. The molecule has 1 aromatic rings. The van der Waals surface area contributed by atoms with Gasteiger partial charge in [0.05, 0.1) is 12.1 Å². The largest absolute Gasteiger partial charge is 0.377 e. The van der Waals surface area contributed by atoms with Crippen LogP contribution in [0.2, 0.25) is 0 Å². The molecule has 3 unspecified atom stereocenters. The van der Waals surface area contributed by atoms with Crippen LogP contribution in [0.1, 0.15) is 25.7 Å². The van der Waals surface area contributed by atoms with Crippen molar-refractivity contribution in [2.45, 2.75) is 37.8 Å². The maximum absolute atomic E-state index is 6.41. The number of rotatable bonds is 2. The Bertz CT molecular complexity index is 653. The highest BCUT2D eigenvalue weighted by atomic mass is 16.5. The minimum Gasteiger partial charge on any atom is -0.377 e. The van der Waals surface area contributed by atoms with E-state index in [1.54, 1.807) is 12.4 Å². The molecule has 2 N–H and O–H groups in total. The standard InChI is InChI=1S/C18H26N6O/c19-16(22-14-13-3-12-25-15(13)18(14)4-1-5-18)23-8-10-24(11-9-23)17-20-6-2-7-21-17/h2,6-7,13-15H,1,3-5,8-12H2,(H2,19,22). The molecule has 25 heavy (non-hydrogen) atoms. The summed E-state index contributed by atoms with van der Waals surface area (Å²) >= 11 is 0. The van der Waals surface area contributed by atoms with E-state index in [2.05, 4.69) is 19.8 Å². The van der Waals surface area contributed by atoms with Crippen LogP contribution in [0.15, 0.2) is 23.5 Å². The predicted octanol–water partition coefficient (Wildman–Crippen LogP) is 0.871. The molecule has 7 nitrogen and oxygen atoms in total. The predicted molar refractivity (Wildman–Crippen MR) is 95.4 cm³/mol. The van der Waals surface area contributed by atoms with Crippen molar-refractivity contribution in [2.75, 3.05) is 37.7 Å². The van der Waals surface area contributed by atoms with E-state index in [1.165, 1.54) is 19.3 Å². The zero-order chi connectivity index (χ0) is 16.9. The molecule has 2 saturated carbocycles. The number of hydrogen-bond acceptors (Lipinski definition) is 5. The summed E-state index contributed by atoms with van der Waals surface area (Å²) in [5.41, 5.74) is 6.72. The smallest absolute Gasteiger partial charge is 0.225 e. The fraction of sp³-hybridized carbons (Fsp3) is 0.722. The maximum Gasteiger partial charge on any atom is 0.225 e.